The topological polar surface area (TPSA) is 50.7 Å². The number of carbonyl (C=O) groups excluding carboxylic acids is 1. The Hall–Kier alpha value is -1.82. The van der Waals surface area contributed by atoms with Gasteiger partial charge in [0.25, 0.3) is 5.91 Å². The minimum atomic E-state index is -0.928. The third kappa shape index (κ3) is 3.34. The number of nitrogens with one attached hydrogen (secondary N) is 1. The van der Waals surface area contributed by atoms with Gasteiger partial charge in [0.1, 0.15) is 5.82 Å². The van der Waals surface area contributed by atoms with E-state index in [9.17, 15) is 9.18 Å². The fourth-order valence-corrected chi connectivity index (χ4v) is 3.02. The minimum Gasteiger partial charge on any atom is -0.382 e. The van der Waals surface area contributed by atoms with Crippen molar-refractivity contribution in [2.24, 2.45) is 5.16 Å². The molecule has 0 bridgehead atoms. The Morgan fingerprint density at radius 2 is 1.75 bits per heavy atom. The van der Waals surface area contributed by atoms with Crippen molar-refractivity contribution in [3.63, 3.8) is 0 Å². The molecule has 0 fully saturated rings. The summed E-state index contributed by atoms with van der Waals surface area (Å²) in [7, 11) is 0. The predicted octanol–water partition coefficient (Wildman–Crippen LogP) is 4.92. The molecule has 1 heterocycles. The third-order valence-electron chi connectivity index (χ3n) is 3.42. The zero-order valence-electron chi connectivity index (χ0n) is 12.0. The van der Waals surface area contributed by atoms with Crippen LogP contribution < -0.4 is 5.32 Å². The fourth-order valence-electron chi connectivity index (χ4n) is 2.26. The highest BCUT2D eigenvalue weighted by atomic mass is 35.5. The Kier molecular flexibility index (Phi) is 4.94. The second-order valence-electron chi connectivity index (χ2n) is 5.02. The van der Waals surface area contributed by atoms with Gasteiger partial charge < -0.3 is 10.2 Å². The lowest BCUT2D eigenvalue weighted by atomic mass is 10.0. The Bertz CT molecular complexity index is 802. The molecule has 2 aromatic carbocycles. The van der Waals surface area contributed by atoms with Crippen LogP contribution in [0, 0.1) is 5.82 Å². The van der Waals surface area contributed by atoms with Gasteiger partial charge in [-0.25, -0.2) is 4.39 Å². The Balaban J connectivity index is 1.74. The Morgan fingerprint density at radius 1 is 1.12 bits per heavy atom. The molecule has 1 amide bonds. The van der Waals surface area contributed by atoms with E-state index in [1.165, 1.54) is 12.1 Å². The molecule has 4 nitrogen and oxygen atoms in total. The number of benzene rings is 2. The molecule has 1 atom stereocenters. The second-order valence-corrected chi connectivity index (χ2v) is 6.24. The van der Waals surface area contributed by atoms with Gasteiger partial charge in [0.2, 0.25) is 6.10 Å². The van der Waals surface area contributed by atoms with Gasteiger partial charge in [-0.15, -0.1) is 0 Å². The quantitative estimate of drug-likeness (QED) is 0.813. The van der Waals surface area contributed by atoms with Crippen molar-refractivity contribution in [1.29, 1.82) is 0 Å². The van der Waals surface area contributed by atoms with E-state index in [4.69, 9.17) is 39.6 Å². The van der Waals surface area contributed by atoms with E-state index in [0.29, 0.717) is 10.0 Å². The summed E-state index contributed by atoms with van der Waals surface area (Å²) in [5.74, 6) is -1.02. The van der Waals surface area contributed by atoms with Crippen LogP contribution in [0.1, 0.15) is 12.0 Å². The smallest absolute Gasteiger partial charge is 0.268 e. The van der Waals surface area contributed by atoms with Gasteiger partial charge in [-0.1, -0.05) is 52.1 Å². The van der Waals surface area contributed by atoms with Crippen molar-refractivity contribution < 1.29 is 14.0 Å². The zero-order valence-corrected chi connectivity index (χ0v) is 14.3. The lowest BCUT2D eigenvalue weighted by Crippen LogP contribution is -2.28. The first-order valence-electron chi connectivity index (χ1n) is 6.89. The van der Waals surface area contributed by atoms with Gasteiger partial charge in [-0.3, -0.25) is 4.79 Å². The molecular weight excluding hydrogens is 378 g/mol. The van der Waals surface area contributed by atoms with Crippen LogP contribution >= 0.6 is 34.8 Å². The third-order valence-corrected chi connectivity index (χ3v) is 4.37. The first kappa shape index (κ1) is 17.0. The lowest BCUT2D eigenvalue weighted by Gasteiger charge is -2.12. The normalized spacial score (nSPS) is 16.5. The van der Waals surface area contributed by atoms with Gasteiger partial charge in [0.15, 0.2) is 0 Å². The second kappa shape index (κ2) is 6.97. The van der Waals surface area contributed by atoms with E-state index >= 15 is 0 Å². The van der Waals surface area contributed by atoms with Crippen LogP contribution in [0.15, 0.2) is 41.6 Å². The average molecular weight is 388 g/mol. The van der Waals surface area contributed by atoms with Crippen LogP contribution in [0.4, 0.5) is 10.1 Å². The van der Waals surface area contributed by atoms with E-state index in [1.807, 2.05) is 0 Å². The van der Waals surface area contributed by atoms with Crippen molar-refractivity contribution in [2.75, 3.05) is 5.32 Å². The number of halogens is 4. The summed E-state index contributed by atoms with van der Waals surface area (Å²) < 4.78 is 13.9. The number of amides is 1. The van der Waals surface area contributed by atoms with Crippen LogP contribution in [0.25, 0.3) is 0 Å². The molecule has 124 valence electrons. The molecule has 24 heavy (non-hydrogen) atoms. The summed E-state index contributed by atoms with van der Waals surface area (Å²) in [6.07, 6.45) is -0.850. The highest BCUT2D eigenvalue weighted by molar-refractivity contribution is 6.39. The molecule has 1 N–H and O–H groups in total. The molecule has 3 rings (SSSR count). The maximum atomic E-state index is 13.9. The predicted molar refractivity (Wildman–Crippen MR) is 92.5 cm³/mol. The molecule has 2 aromatic rings. The number of carbonyl (C=O) groups is 1. The number of anilines is 1. The van der Waals surface area contributed by atoms with Crippen LogP contribution in [0.5, 0.6) is 0 Å². The monoisotopic (exact) mass is 386 g/mol. The summed E-state index contributed by atoms with van der Waals surface area (Å²) in [5, 5.41) is 7.17. The SMILES string of the molecule is O=C(Nc1c(Cl)cccc1Cl)[C@@H]1CC(c2c(F)cccc2Cl)=NO1. The van der Waals surface area contributed by atoms with Gasteiger partial charge in [-0.2, -0.15) is 0 Å². The number of hydrogen-bond donors (Lipinski definition) is 1. The molecular formula is C16H10Cl3FN2O2. The van der Waals surface area contributed by atoms with Crippen molar-refractivity contribution in [3.05, 3.63) is 62.8 Å². The molecule has 8 heteroatoms. The zero-order chi connectivity index (χ0) is 17.3. The van der Waals surface area contributed by atoms with Crippen molar-refractivity contribution in [2.45, 2.75) is 12.5 Å². The van der Waals surface area contributed by atoms with E-state index in [2.05, 4.69) is 10.5 Å². The molecule has 0 radical (unpaired) electrons. The standard InChI is InChI=1S/C16H10Cl3FN2O2/c17-8-3-2-6-11(20)14(8)12-7-13(24-22-12)16(23)21-15-9(18)4-1-5-10(15)19/h1-6,13H,7H2,(H,21,23)/t13-/m0/s1. The molecule has 0 aromatic heterocycles. The Morgan fingerprint density at radius 3 is 2.42 bits per heavy atom. The molecule has 0 aliphatic carbocycles. The molecule has 0 unspecified atom stereocenters. The first-order valence-corrected chi connectivity index (χ1v) is 8.02. The molecule has 0 saturated heterocycles. The summed E-state index contributed by atoms with van der Waals surface area (Å²) in [6, 6.07) is 9.15. The van der Waals surface area contributed by atoms with Crippen LogP contribution in [0.2, 0.25) is 15.1 Å². The summed E-state index contributed by atoms with van der Waals surface area (Å²) >= 11 is 18.0. The Labute approximate surface area is 152 Å². The summed E-state index contributed by atoms with van der Waals surface area (Å²) in [5.41, 5.74) is 0.681. The maximum absolute atomic E-state index is 13.9. The van der Waals surface area contributed by atoms with Crippen molar-refractivity contribution in [1.82, 2.24) is 0 Å². The maximum Gasteiger partial charge on any atom is 0.268 e. The number of oxime groups is 1. The molecule has 0 spiro atoms. The summed E-state index contributed by atoms with van der Waals surface area (Å²) in [6.45, 7) is 0. The number of para-hydroxylation sites is 1. The van der Waals surface area contributed by atoms with Gasteiger partial charge >= 0.3 is 0 Å². The van der Waals surface area contributed by atoms with Crippen LogP contribution in [-0.2, 0) is 9.63 Å². The molecule has 1 aliphatic heterocycles. The van der Waals surface area contributed by atoms with Gasteiger partial charge in [0, 0.05) is 6.42 Å². The van der Waals surface area contributed by atoms with Gasteiger partial charge in [-0.05, 0) is 24.3 Å². The highest BCUT2D eigenvalue weighted by Gasteiger charge is 2.31. The first-order chi connectivity index (χ1) is 11.5. The van der Waals surface area contributed by atoms with Crippen LogP contribution in [0.3, 0.4) is 0 Å². The summed E-state index contributed by atoms with van der Waals surface area (Å²) in [4.78, 5) is 17.4. The fraction of sp³-hybridized carbons (Fsp3) is 0.125. The van der Waals surface area contributed by atoms with Gasteiger partial charge in [0.05, 0.1) is 32.0 Å². The largest absolute Gasteiger partial charge is 0.382 e. The highest BCUT2D eigenvalue weighted by Crippen LogP contribution is 2.31. The lowest BCUT2D eigenvalue weighted by molar-refractivity contribution is -0.125. The van der Waals surface area contributed by atoms with E-state index in [-0.39, 0.29) is 28.4 Å². The van der Waals surface area contributed by atoms with Crippen molar-refractivity contribution in [3.8, 4) is 0 Å². The van der Waals surface area contributed by atoms with E-state index < -0.39 is 17.8 Å². The number of rotatable bonds is 3. The number of hydrogen-bond acceptors (Lipinski definition) is 3. The van der Waals surface area contributed by atoms with Crippen LogP contribution in [-0.4, -0.2) is 17.7 Å². The van der Waals surface area contributed by atoms with E-state index in [0.717, 1.165) is 0 Å². The minimum absolute atomic E-state index is 0.0779. The average Bonchev–Trinajstić information content (AvgIpc) is 3.00. The molecule has 0 saturated carbocycles. The van der Waals surface area contributed by atoms with Crippen molar-refractivity contribution >= 4 is 52.1 Å². The van der Waals surface area contributed by atoms with E-state index in [1.54, 1.807) is 24.3 Å². The number of nitrogens with zero attached hydrogens (tertiary/aromatic N) is 1. The molecule has 1 aliphatic rings.